The summed E-state index contributed by atoms with van der Waals surface area (Å²) in [5.41, 5.74) is 4.42. The highest BCUT2D eigenvalue weighted by atomic mass is 35.5. The van der Waals surface area contributed by atoms with Crippen LogP contribution in [0.3, 0.4) is 0 Å². The molecule has 8 nitrogen and oxygen atoms in total. The Labute approximate surface area is 214 Å². The van der Waals surface area contributed by atoms with E-state index < -0.39 is 11.9 Å². The number of carbonyl (C=O) groups excluding carboxylic acids is 1. The third kappa shape index (κ3) is 7.48. The first-order chi connectivity index (χ1) is 17.4. The zero-order valence-electron chi connectivity index (χ0n) is 20.0. The van der Waals surface area contributed by atoms with Crippen molar-refractivity contribution in [1.82, 2.24) is 5.43 Å². The highest BCUT2D eigenvalue weighted by molar-refractivity contribution is 6.30. The van der Waals surface area contributed by atoms with Crippen molar-refractivity contribution in [3.8, 4) is 17.2 Å². The number of rotatable bonds is 12. The van der Waals surface area contributed by atoms with Gasteiger partial charge in [-0.25, -0.2) is 10.2 Å². The molecule has 3 aromatic carbocycles. The number of carbonyl (C=O) groups is 2. The summed E-state index contributed by atoms with van der Waals surface area (Å²) >= 11 is 6.13. The van der Waals surface area contributed by atoms with E-state index in [0.29, 0.717) is 46.6 Å². The minimum Gasteiger partial charge on any atom is -0.490 e. The number of hydrazone groups is 1. The SMILES string of the molecule is CCCOc1ccc(C(=O)N/N=C/c2cc(Cl)ccc2OCc2ccc(C(=O)O)cc2)cc1OCC. The van der Waals surface area contributed by atoms with Crippen LogP contribution < -0.4 is 19.6 Å². The average Bonchev–Trinajstić information content (AvgIpc) is 2.87. The van der Waals surface area contributed by atoms with E-state index in [1.165, 1.54) is 18.3 Å². The largest absolute Gasteiger partial charge is 0.490 e. The van der Waals surface area contributed by atoms with Crippen molar-refractivity contribution in [2.75, 3.05) is 13.2 Å². The Morgan fingerprint density at radius 2 is 1.64 bits per heavy atom. The molecule has 3 rings (SSSR count). The van der Waals surface area contributed by atoms with Crippen LogP contribution in [0.25, 0.3) is 0 Å². The third-order valence-corrected chi connectivity index (χ3v) is 5.14. The summed E-state index contributed by atoms with van der Waals surface area (Å²) in [5, 5.41) is 13.6. The normalized spacial score (nSPS) is 10.8. The van der Waals surface area contributed by atoms with Gasteiger partial charge in [0.1, 0.15) is 12.4 Å². The van der Waals surface area contributed by atoms with Gasteiger partial charge in [-0.2, -0.15) is 5.10 Å². The van der Waals surface area contributed by atoms with E-state index in [0.717, 1.165) is 12.0 Å². The van der Waals surface area contributed by atoms with E-state index in [-0.39, 0.29) is 12.2 Å². The number of carboxylic acid groups (broad SMARTS) is 1. The van der Waals surface area contributed by atoms with Gasteiger partial charge in [0, 0.05) is 16.1 Å². The number of nitrogens with one attached hydrogen (secondary N) is 1. The molecule has 0 atom stereocenters. The van der Waals surface area contributed by atoms with Crippen LogP contribution in [0.4, 0.5) is 0 Å². The van der Waals surface area contributed by atoms with Crippen molar-refractivity contribution in [3.63, 3.8) is 0 Å². The van der Waals surface area contributed by atoms with E-state index in [4.69, 9.17) is 30.9 Å². The molecular formula is C27H27ClN2O6. The monoisotopic (exact) mass is 510 g/mol. The first kappa shape index (κ1) is 26.6. The average molecular weight is 511 g/mol. The van der Waals surface area contributed by atoms with Crippen LogP contribution in [0.1, 0.15) is 52.1 Å². The van der Waals surface area contributed by atoms with Gasteiger partial charge >= 0.3 is 5.97 Å². The highest BCUT2D eigenvalue weighted by Crippen LogP contribution is 2.29. The Kier molecular flexibility index (Phi) is 9.71. The Hall–Kier alpha value is -4.04. The van der Waals surface area contributed by atoms with Crippen molar-refractivity contribution in [3.05, 3.63) is 87.9 Å². The van der Waals surface area contributed by atoms with Crippen molar-refractivity contribution >= 4 is 29.7 Å². The highest BCUT2D eigenvalue weighted by Gasteiger charge is 2.12. The molecule has 0 aliphatic rings. The van der Waals surface area contributed by atoms with E-state index >= 15 is 0 Å². The van der Waals surface area contributed by atoms with Gasteiger partial charge in [-0.3, -0.25) is 4.79 Å². The van der Waals surface area contributed by atoms with Crippen LogP contribution in [0.5, 0.6) is 17.2 Å². The second-order valence-corrected chi connectivity index (χ2v) is 8.05. The van der Waals surface area contributed by atoms with Gasteiger partial charge in [-0.05, 0) is 67.4 Å². The smallest absolute Gasteiger partial charge is 0.335 e. The topological polar surface area (TPSA) is 106 Å². The Morgan fingerprint density at radius 3 is 2.33 bits per heavy atom. The zero-order valence-corrected chi connectivity index (χ0v) is 20.7. The lowest BCUT2D eigenvalue weighted by Gasteiger charge is -2.12. The molecule has 0 fully saturated rings. The molecule has 0 aliphatic carbocycles. The van der Waals surface area contributed by atoms with Crippen LogP contribution in [-0.4, -0.2) is 36.4 Å². The van der Waals surface area contributed by atoms with Gasteiger partial charge in [0.2, 0.25) is 0 Å². The molecular weight excluding hydrogens is 484 g/mol. The number of amides is 1. The lowest BCUT2D eigenvalue weighted by atomic mass is 10.1. The standard InChI is InChI=1S/C27H27ClN2O6/c1-3-13-35-24-11-9-20(15-25(24)34-4-2)26(31)30-29-16-21-14-22(28)10-12-23(21)36-17-18-5-7-19(8-6-18)27(32)33/h5-12,14-16H,3-4,13,17H2,1-2H3,(H,30,31)(H,32,33)/b29-16+. The molecule has 3 aromatic rings. The Morgan fingerprint density at radius 1 is 0.917 bits per heavy atom. The van der Waals surface area contributed by atoms with E-state index in [9.17, 15) is 9.59 Å². The molecule has 188 valence electrons. The fraction of sp³-hybridized carbons (Fsp3) is 0.222. The molecule has 1 amide bonds. The van der Waals surface area contributed by atoms with Gasteiger partial charge in [-0.15, -0.1) is 0 Å². The molecule has 36 heavy (non-hydrogen) atoms. The lowest BCUT2D eigenvalue weighted by molar-refractivity contribution is 0.0696. The number of aromatic carboxylic acids is 1. The number of hydrogen-bond donors (Lipinski definition) is 2. The number of hydrogen-bond acceptors (Lipinski definition) is 6. The maximum Gasteiger partial charge on any atom is 0.335 e. The first-order valence-corrected chi connectivity index (χ1v) is 11.8. The Balaban J connectivity index is 1.68. The molecule has 0 heterocycles. The molecule has 0 bridgehead atoms. The first-order valence-electron chi connectivity index (χ1n) is 11.4. The summed E-state index contributed by atoms with van der Waals surface area (Å²) in [6.07, 6.45) is 2.30. The number of halogens is 1. The van der Waals surface area contributed by atoms with Crippen molar-refractivity contribution in [2.24, 2.45) is 5.10 Å². The molecule has 9 heteroatoms. The summed E-state index contributed by atoms with van der Waals surface area (Å²) in [6.45, 7) is 5.06. The molecule has 0 aliphatic heterocycles. The fourth-order valence-corrected chi connectivity index (χ4v) is 3.31. The van der Waals surface area contributed by atoms with Crippen molar-refractivity contribution in [2.45, 2.75) is 26.9 Å². The van der Waals surface area contributed by atoms with Gasteiger partial charge in [0.05, 0.1) is 25.0 Å². The molecule has 0 saturated heterocycles. The summed E-state index contributed by atoms with van der Waals surface area (Å²) in [6, 6.07) is 16.4. The van der Waals surface area contributed by atoms with Crippen LogP contribution in [0.2, 0.25) is 5.02 Å². The van der Waals surface area contributed by atoms with E-state index in [2.05, 4.69) is 10.5 Å². The maximum atomic E-state index is 12.6. The predicted octanol–water partition coefficient (Wildman–Crippen LogP) is 5.57. The third-order valence-electron chi connectivity index (χ3n) is 4.90. The van der Waals surface area contributed by atoms with Crippen molar-refractivity contribution < 1.29 is 28.9 Å². The second-order valence-electron chi connectivity index (χ2n) is 7.62. The molecule has 0 spiro atoms. The zero-order chi connectivity index (χ0) is 25.9. The predicted molar refractivity (Wildman–Crippen MR) is 138 cm³/mol. The molecule has 0 saturated carbocycles. The van der Waals surface area contributed by atoms with Gasteiger partial charge in [0.25, 0.3) is 5.91 Å². The summed E-state index contributed by atoms with van der Waals surface area (Å²) in [7, 11) is 0. The van der Waals surface area contributed by atoms with E-state index in [1.807, 2.05) is 13.8 Å². The number of ether oxygens (including phenoxy) is 3. The van der Waals surface area contributed by atoms with Crippen LogP contribution >= 0.6 is 11.6 Å². The molecule has 2 N–H and O–H groups in total. The lowest BCUT2D eigenvalue weighted by Crippen LogP contribution is -2.18. The summed E-state index contributed by atoms with van der Waals surface area (Å²) in [4.78, 5) is 23.6. The number of carboxylic acids is 1. The minimum atomic E-state index is -0.990. The van der Waals surface area contributed by atoms with Crippen molar-refractivity contribution in [1.29, 1.82) is 0 Å². The Bertz CT molecular complexity index is 1230. The molecule has 0 unspecified atom stereocenters. The van der Waals surface area contributed by atoms with Gasteiger partial charge in [0.15, 0.2) is 11.5 Å². The van der Waals surface area contributed by atoms with Gasteiger partial charge < -0.3 is 19.3 Å². The van der Waals surface area contributed by atoms with Crippen LogP contribution in [-0.2, 0) is 6.61 Å². The summed E-state index contributed by atoms with van der Waals surface area (Å²) in [5.74, 6) is 0.158. The number of nitrogens with zero attached hydrogens (tertiary/aromatic N) is 1. The number of benzene rings is 3. The molecule has 0 aromatic heterocycles. The van der Waals surface area contributed by atoms with Crippen LogP contribution in [0, 0.1) is 0 Å². The van der Waals surface area contributed by atoms with Crippen LogP contribution in [0.15, 0.2) is 65.8 Å². The maximum absolute atomic E-state index is 12.6. The minimum absolute atomic E-state index is 0.199. The van der Waals surface area contributed by atoms with E-state index in [1.54, 1.807) is 48.5 Å². The molecule has 0 radical (unpaired) electrons. The summed E-state index contributed by atoms with van der Waals surface area (Å²) < 4.78 is 17.1. The second kappa shape index (κ2) is 13.2. The fourth-order valence-electron chi connectivity index (χ4n) is 3.13. The van der Waals surface area contributed by atoms with Gasteiger partial charge in [-0.1, -0.05) is 30.7 Å². The quantitative estimate of drug-likeness (QED) is 0.244.